The van der Waals surface area contributed by atoms with Gasteiger partial charge in [0, 0.05) is 23.2 Å². The van der Waals surface area contributed by atoms with Crippen LogP contribution >= 0.6 is 11.3 Å². The Labute approximate surface area is 143 Å². The number of carbonyl (C=O) groups is 1. The van der Waals surface area contributed by atoms with E-state index in [4.69, 9.17) is 4.74 Å². The number of rotatable bonds is 3. The highest BCUT2D eigenvalue weighted by Gasteiger charge is 2.27. The molecule has 1 fully saturated rings. The van der Waals surface area contributed by atoms with Crippen molar-refractivity contribution in [3.63, 3.8) is 0 Å². The van der Waals surface area contributed by atoms with E-state index in [1.165, 1.54) is 6.07 Å². The first-order chi connectivity index (χ1) is 11.4. The van der Waals surface area contributed by atoms with Crippen LogP contribution in [0.5, 0.6) is 0 Å². The SMILES string of the molecule is Cc1cc(=O)[nH]c([C@H]2CN(C(=O)Cc3sc(C)nc3C)CCO2)n1. The van der Waals surface area contributed by atoms with Crippen molar-refractivity contribution in [3.8, 4) is 0 Å². The van der Waals surface area contributed by atoms with E-state index in [9.17, 15) is 9.59 Å². The fraction of sp³-hybridized carbons (Fsp3) is 0.500. The molecule has 0 bridgehead atoms. The van der Waals surface area contributed by atoms with Crippen LogP contribution in [0.4, 0.5) is 0 Å². The summed E-state index contributed by atoms with van der Waals surface area (Å²) in [5, 5.41) is 0.969. The highest BCUT2D eigenvalue weighted by atomic mass is 32.1. The lowest BCUT2D eigenvalue weighted by molar-refractivity contribution is -0.138. The van der Waals surface area contributed by atoms with Crippen LogP contribution in [0.1, 0.15) is 33.2 Å². The Morgan fingerprint density at radius 1 is 1.42 bits per heavy atom. The largest absolute Gasteiger partial charge is 0.367 e. The first kappa shape index (κ1) is 16.8. The van der Waals surface area contributed by atoms with Gasteiger partial charge in [-0.25, -0.2) is 9.97 Å². The molecule has 0 radical (unpaired) electrons. The summed E-state index contributed by atoms with van der Waals surface area (Å²) in [4.78, 5) is 38.4. The van der Waals surface area contributed by atoms with Crippen molar-refractivity contribution in [1.82, 2.24) is 19.9 Å². The summed E-state index contributed by atoms with van der Waals surface area (Å²) in [7, 11) is 0. The number of ether oxygens (including phenoxy) is 1. The van der Waals surface area contributed by atoms with E-state index in [1.807, 2.05) is 13.8 Å². The van der Waals surface area contributed by atoms with Gasteiger partial charge in [-0.2, -0.15) is 0 Å². The van der Waals surface area contributed by atoms with Gasteiger partial charge < -0.3 is 14.6 Å². The van der Waals surface area contributed by atoms with Gasteiger partial charge >= 0.3 is 0 Å². The minimum absolute atomic E-state index is 0.0463. The number of aryl methyl sites for hydroxylation is 3. The van der Waals surface area contributed by atoms with Gasteiger partial charge in [-0.1, -0.05) is 0 Å². The number of thiazole rings is 1. The number of aromatic amines is 1. The van der Waals surface area contributed by atoms with Crippen LogP contribution in [0.25, 0.3) is 0 Å². The lowest BCUT2D eigenvalue weighted by Crippen LogP contribution is -2.43. The Hall–Kier alpha value is -2.06. The third kappa shape index (κ3) is 3.70. The van der Waals surface area contributed by atoms with Crippen LogP contribution in [0.2, 0.25) is 0 Å². The Kier molecular flexibility index (Phi) is 4.77. The number of aromatic nitrogens is 3. The maximum Gasteiger partial charge on any atom is 0.251 e. The molecule has 7 nitrogen and oxygen atoms in total. The highest BCUT2D eigenvalue weighted by Crippen LogP contribution is 2.22. The molecule has 8 heteroatoms. The zero-order valence-electron chi connectivity index (χ0n) is 14.0. The first-order valence-electron chi connectivity index (χ1n) is 7.82. The fourth-order valence-corrected chi connectivity index (χ4v) is 3.71. The van der Waals surface area contributed by atoms with Gasteiger partial charge in [0.2, 0.25) is 5.91 Å². The van der Waals surface area contributed by atoms with Crippen LogP contribution in [-0.2, 0) is 16.0 Å². The second kappa shape index (κ2) is 6.82. The maximum absolute atomic E-state index is 12.6. The molecule has 128 valence electrons. The summed E-state index contributed by atoms with van der Waals surface area (Å²) in [6, 6.07) is 1.43. The standard InChI is InChI=1S/C16H20N4O3S/c1-9-6-14(21)19-16(17-9)12-8-20(4-5-23-12)15(22)7-13-10(2)18-11(3)24-13/h6,12H,4-5,7-8H2,1-3H3,(H,17,19,21)/t12-/m1/s1. The molecule has 2 aromatic rings. The number of nitrogens with zero attached hydrogens (tertiary/aromatic N) is 3. The zero-order chi connectivity index (χ0) is 17.3. The number of amides is 1. The van der Waals surface area contributed by atoms with Crippen molar-refractivity contribution in [2.75, 3.05) is 19.7 Å². The summed E-state index contributed by atoms with van der Waals surface area (Å²) < 4.78 is 5.70. The maximum atomic E-state index is 12.6. The summed E-state index contributed by atoms with van der Waals surface area (Å²) in [5.41, 5.74) is 1.34. The van der Waals surface area contributed by atoms with E-state index in [-0.39, 0.29) is 11.5 Å². The van der Waals surface area contributed by atoms with Crippen molar-refractivity contribution in [2.45, 2.75) is 33.3 Å². The summed E-state index contributed by atoms with van der Waals surface area (Å²) >= 11 is 1.56. The quantitative estimate of drug-likeness (QED) is 0.903. The molecular weight excluding hydrogens is 328 g/mol. The van der Waals surface area contributed by atoms with Crippen LogP contribution < -0.4 is 5.56 Å². The normalized spacial score (nSPS) is 18.0. The Morgan fingerprint density at radius 3 is 2.88 bits per heavy atom. The molecule has 0 saturated carbocycles. The predicted octanol–water partition coefficient (Wildman–Crippen LogP) is 1.29. The number of carbonyl (C=O) groups excluding carboxylic acids is 1. The van der Waals surface area contributed by atoms with Crippen molar-refractivity contribution in [2.24, 2.45) is 0 Å². The van der Waals surface area contributed by atoms with Crippen LogP contribution in [-0.4, -0.2) is 45.5 Å². The molecule has 0 unspecified atom stereocenters. The van der Waals surface area contributed by atoms with Crippen LogP contribution in [0.15, 0.2) is 10.9 Å². The zero-order valence-corrected chi connectivity index (χ0v) is 14.8. The van der Waals surface area contributed by atoms with E-state index in [2.05, 4.69) is 15.0 Å². The average Bonchev–Trinajstić information content (AvgIpc) is 2.84. The van der Waals surface area contributed by atoms with Crippen molar-refractivity contribution >= 4 is 17.2 Å². The fourth-order valence-electron chi connectivity index (χ4n) is 2.78. The first-order valence-corrected chi connectivity index (χ1v) is 8.64. The minimum atomic E-state index is -0.403. The second-order valence-electron chi connectivity index (χ2n) is 5.89. The molecule has 1 saturated heterocycles. The van der Waals surface area contributed by atoms with Gasteiger partial charge in [0.15, 0.2) is 0 Å². The molecule has 0 aromatic carbocycles. The third-order valence-corrected chi connectivity index (χ3v) is 5.00. The van der Waals surface area contributed by atoms with Gasteiger partial charge in [0.25, 0.3) is 5.56 Å². The van der Waals surface area contributed by atoms with E-state index < -0.39 is 6.10 Å². The van der Waals surface area contributed by atoms with Gasteiger partial charge in [0.1, 0.15) is 11.9 Å². The Morgan fingerprint density at radius 2 is 2.21 bits per heavy atom. The van der Waals surface area contributed by atoms with Gasteiger partial charge in [-0.3, -0.25) is 9.59 Å². The van der Waals surface area contributed by atoms with Gasteiger partial charge in [-0.05, 0) is 20.8 Å². The number of H-pyrrole nitrogens is 1. The smallest absolute Gasteiger partial charge is 0.251 e. The van der Waals surface area contributed by atoms with E-state index >= 15 is 0 Å². The summed E-state index contributed by atoms with van der Waals surface area (Å²) in [5.74, 6) is 0.521. The number of morpholine rings is 1. The molecule has 0 spiro atoms. The number of hydrogen-bond donors (Lipinski definition) is 1. The number of hydrogen-bond acceptors (Lipinski definition) is 6. The lowest BCUT2D eigenvalue weighted by Gasteiger charge is -2.32. The van der Waals surface area contributed by atoms with Crippen molar-refractivity contribution < 1.29 is 9.53 Å². The molecule has 1 amide bonds. The van der Waals surface area contributed by atoms with E-state index in [0.29, 0.717) is 37.6 Å². The Balaban J connectivity index is 1.72. The summed E-state index contributed by atoms with van der Waals surface area (Å²) in [6.07, 6.45) is -0.0541. The molecular formula is C16H20N4O3S. The van der Waals surface area contributed by atoms with E-state index in [1.54, 1.807) is 23.2 Å². The molecule has 3 rings (SSSR count). The molecule has 1 aliphatic rings. The monoisotopic (exact) mass is 348 g/mol. The predicted molar refractivity (Wildman–Crippen MR) is 90.2 cm³/mol. The molecule has 2 aromatic heterocycles. The van der Waals surface area contributed by atoms with Crippen molar-refractivity contribution in [3.05, 3.63) is 43.5 Å². The number of nitrogens with one attached hydrogen (secondary N) is 1. The van der Waals surface area contributed by atoms with Gasteiger partial charge in [-0.15, -0.1) is 11.3 Å². The average molecular weight is 348 g/mol. The summed E-state index contributed by atoms with van der Waals surface area (Å²) in [6.45, 7) is 6.99. The molecule has 24 heavy (non-hydrogen) atoms. The molecule has 1 atom stereocenters. The molecule has 1 aliphatic heterocycles. The van der Waals surface area contributed by atoms with E-state index in [0.717, 1.165) is 15.6 Å². The van der Waals surface area contributed by atoms with Crippen LogP contribution in [0.3, 0.4) is 0 Å². The Bertz CT molecular complexity index is 814. The third-order valence-electron chi connectivity index (χ3n) is 3.92. The van der Waals surface area contributed by atoms with Crippen LogP contribution in [0, 0.1) is 20.8 Å². The second-order valence-corrected chi connectivity index (χ2v) is 7.18. The topological polar surface area (TPSA) is 88.2 Å². The van der Waals surface area contributed by atoms with Gasteiger partial charge in [0.05, 0.1) is 30.3 Å². The lowest BCUT2D eigenvalue weighted by atomic mass is 10.2. The minimum Gasteiger partial charge on any atom is -0.367 e. The highest BCUT2D eigenvalue weighted by molar-refractivity contribution is 7.11. The van der Waals surface area contributed by atoms with Crippen molar-refractivity contribution in [1.29, 1.82) is 0 Å². The molecule has 3 heterocycles. The molecule has 1 N–H and O–H groups in total. The molecule has 0 aliphatic carbocycles.